The second-order valence-electron chi connectivity index (χ2n) is 3.42. The Balaban J connectivity index is 2.14. The summed E-state index contributed by atoms with van der Waals surface area (Å²) in [7, 11) is 1.70. The highest BCUT2D eigenvalue weighted by atomic mass is 32.1. The molecule has 0 saturated heterocycles. The fourth-order valence-electron chi connectivity index (χ4n) is 1.29. The summed E-state index contributed by atoms with van der Waals surface area (Å²) in [5, 5.41) is 15.7. The smallest absolute Gasteiger partial charge is 0.280 e. The first-order valence-electron chi connectivity index (χ1n) is 5.03. The highest BCUT2D eigenvalue weighted by Crippen LogP contribution is 2.17. The number of rotatable bonds is 3. The zero-order valence-corrected chi connectivity index (χ0v) is 10.3. The molecule has 2 aromatic heterocycles. The monoisotopic (exact) mass is 252 g/mol. The zero-order valence-electron chi connectivity index (χ0n) is 9.47. The topological polar surface area (TPSA) is 98.7 Å². The Morgan fingerprint density at radius 1 is 1.59 bits per heavy atom. The maximum Gasteiger partial charge on any atom is 0.280 e. The van der Waals surface area contributed by atoms with Gasteiger partial charge in [0.15, 0.2) is 5.69 Å². The lowest BCUT2D eigenvalue weighted by molar-refractivity contribution is 0.102. The van der Waals surface area contributed by atoms with Crippen LogP contribution < -0.4 is 11.1 Å². The van der Waals surface area contributed by atoms with Crippen LogP contribution in [0, 0.1) is 0 Å². The fourth-order valence-corrected chi connectivity index (χ4v) is 1.96. The van der Waals surface area contributed by atoms with Crippen LogP contribution in [-0.2, 0) is 13.5 Å². The summed E-state index contributed by atoms with van der Waals surface area (Å²) < 4.78 is 1.49. The predicted octanol–water partition coefficient (Wildman–Crippen LogP) is 0.668. The standard InChI is InChI=1S/C9H12N6OS/c1-3-6-12-13-9(17-6)11-8(16)7-5(10)4-15(2)14-7/h4H,3,10H2,1-2H3,(H,11,13,16). The van der Waals surface area contributed by atoms with Gasteiger partial charge in [-0.25, -0.2) is 0 Å². The van der Waals surface area contributed by atoms with Crippen LogP contribution in [0.1, 0.15) is 22.4 Å². The molecule has 0 radical (unpaired) electrons. The van der Waals surface area contributed by atoms with Gasteiger partial charge in [-0.05, 0) is 6.42 Å². The lowest BCUT2D eigenvalue weighted by Gasteiger charge is -1.97. The highest BCUT2D eigenvalue weighted by Gasteiger charge is 2.15. The van der Waals surface area contributed by atoms with Crippen LogP contribution in [0.5, 0.6) is 0 Å². The van der Waals surface area contributed by atoms with E-state index >= 15 is 0 Å². The lowest BCUT2D eigenvalue weighted by Crippen LogP contribution is -2.14. The van der Waals surface area contributed by atoms with Gasteiger partial charge < -0.3 is 5.73 Å². The summed E-state index contributed by atoms with van der Waals surface area (Å²) in [6, 6.07) is 0. The first-order valence-corrected chi connectivity index (χ1v) is 5.84. The molecule has 0 aliphatic carbocycles. The molecule has 3 N–H and O–H groups in total. The van der Waals surface area contributed by atoms with E-state index in [1.807, 2.05) is 6.92 Å². The minimum atomic E-state index is -0.373. The quantitative estimate of drug-likeness (QED) is 0.836. The summed E-state index contributed by atoms with van der Waals surface area (Å²) in [5.74, 6) is -0.373. The van der Waals surface area contributed by atoms with Crippen LogP contribution in [0.3, 0.4) is 0 Å². The third-order valence-corrected chi connectivity index (χ3v) is 3.04. The number of carbonyl (C=O) groups is 1. The molecule has 0 aromatic carbocycles. The maximum atomic E-state index is 11.8. The van der Waals surface area contributed by atoms with Gasteiger partial charge >= 0.3 is 0 Å². The molecular formula is C9H12N6OS. The van der Waals surface area contributed by atoms with E-state index in [2.05, 4.69) is 20.6 Å². The van der Waals surface area contributed by atoms with Crippen molar-refractivity contribution in [1.29, 1.82) is 0 Å². The predicted molar refractivity (Wildman–Crippen MR) is 64.9 cm³/mol. The molecule has 90 valence electrons. The molecule has 8 heteroatoms. The molecule has 0 saturated carbocycles. The van der Waals surface area contributed by atoms with E-state index in [4.69, 9.17) is 5.73 Å². The summed E-state index contributed by atoms with van der Waals surface area (Å²) in [4.78, 5) is 11.8. The van der Waals surface area contributed by atoms with Crippen LogP contribution in [0.4, 0.5) is 10.8 Å². The first kappa shape index (κ1) is 11.5. The van der Waals surface area contributed by atoms with Crippen molar-refractivity contribution in [1.82, 2.24) is 20.0 Å². The molecular weight excluding hydrogens is 240 g/mol. The van der Waals surface area contributed by atoms with E-state index in [0.717, 1.165) is 11.4 Å². The Kier molecular flexibility index (Phi) is 3.05. The lowest BCUT2D eigenvalue weighted by atomic mass is 10.3. The van der Waals surface area contributed by atoms with Crippen molar-refractivity contribution < 1.29 is 4.79 Å². The molecule has 2 heterocycles. The summed E-state index contributed by atoms with van der Waals surface area (Å²) in [5.41, 5.74) is 6.18. The van der Waals surface area contributed by atoms with Gasteiger partial charge in [0.1, 0.15) is 5.01 Å². The first-order chi connectivity index (χ1) is 8.10. The molecule has 0 fully saturated rings. The minimum Gasteiger partial charge on any atom is -0.396 e. The van der Waals surface area contributed by atoms with Gasteiger partial charge in [0, 0.05) is 13.2 Å². The molecule has 17 heavy (non-hydrogen) atoms. The van der Waals surface area contributed by atoms with Gasteiger partial charge in [-0.3, -0.25) is 14.8 Å². The normalized spacial score (nSPS) is 10.5. The number of hydrogen-bond acceptors (Lipinski definition) is 6. The van der Waals surface area contributed by atoms with Gasteiger partial charge in [-0.15, -0.1) is 10.2 Å². The van der Waals surface area contributed by atoms with Crippen molar-refractivity contribution in [2.45, 2.75) is 13.3 Å². The van der Waals surface area contributed by atoms with Crippen LogP contribution in [0.2, 0.25) is 0 Å². The van der Waals surface area contributed by atoms with Gasteiger partial charge in [0.25, 0.3) is 5.91 Å². The number of anilines is 2. The van der Waals surface area contributed by atoms with Crippen molar-refractivity contribution in [3.8, 4) is 0 Å². The largest absolute Gasteiger partial charge is 0.396 e. The van der Waals surface area contributed by atoms with E-state index in [-0.39, 0.29) is 11.6 Å². The number of nitrogen functional groups attached to an aromatic ring is 1. The summed E-state index contributed by atoms with van der Waals surface area (Å²) in [6.07, 6.45) is 2.37. The average molecular weight is 252 g/mol. The Hall–Kier alpha value is -1.96. The molecule has 7 nitrogen and oxygen atoms in total. The van der Waals surface area contributed by atoms with E-state index in [9.17, 15) is 4.79 Å². The molecule has 0 aliphatic rings. The van der Waals surface area contributed by atoms with Crippen LogP contribution >= 0.6 is 11.3 Å². The van der Waals surface area contributed by atoms with Crippen molar-refractivity contribution in [2.24, 2.45) is 7.05 Å². The van der Waals surface area contributed by atoms with E-state index in [0.29, 0.717) is 10.8 Å². The number of nitrogens with two attached hydrogens (primary N) is 1. The fraction of sp³-hybridized carbons (Fsp3) is 0.333. The number of aromatic nitrogens is 4. The van der Waals surface area contributed by atoms with Crippen molar-refractivity contribution in [2.75, 3.05) is 11.1 Å². The third-order valence-electron chi connectivity index (χ3n) is 2.06. The van der Waals surface area contributed by atoms with E-state index < -0.39 is 0 Å². The van der Waals surface area contributed by atoms with Crippen LogP contribution in [0.25, 0.3) is 0 Å². The number of amides is 1. The Morgan fingerprint density at radius 2 is 2.35 bits per heavy atom. The second-order valence-corrected chi connectivity index (χ2v) is 4.48. The summed E-state index contributed by atoms with van der Waals surface area (Å²) in [6.45, 7) is 1.98. The molecule has 0 bridgehead atoms. The molecule has 2 rings (SSSR count). The molecule has 0 unspecified atom stereocenters. The van der Waals surface area contributed by atoms with Crippen LogP contribution in [-0.4, -0.2) is 25.9 Å². The number of nitrogens with zero attached hydrogens (tertiary/aromatic N) is 4. The van der Waals surface area contributed by atoms with Crippen molar-refractivity contribution in [3.63, 3.8) is 0 Å². The molecule has 2 aromatic rings. The van der Waals surface area contributed by atoms with Crippen molar-refractivity contribution >= 4 is 28.1 Å². The second kappa shape index (κ2) is 4.50. The summed E-state index contributed by atoms with van der Waals surface area (Å²) >= 11 is 1.34. The van der Waals surface area contributed by atoms with Gasteiger partial charge in [-0.2, -0.15) is 5.10 Å². The minimum absolute atomic E-state index is 0.195. The Labute approximate surface area is 102 Å². The van der Waals surface area contributed by atoms with Crippen molar-refractivity contribution in [3.05, 3.63) is 16.9 Å². The average Bonchev–Trinajstić information content (AvgIpc) is 2.85. The third kappa shape index (κ3) is 2.41. The Bertz CT molecular complexity index is 545. The number of hydrogen-bond donors (Lipinski definition) is 2. The molecule has 0 atom stereocenters. The van der Waals surface area contributed by atoms with E-state index in [1.165, 1.54) is 16.0 Å². The zero-order chi connectivity index (χ0) is 12.4. The number of nitrogens with one attached hydrogen (secondary N) is 1. The van der Waals surface area contributed by atoms with Gasteiger partial charge in [0.05, 0.1) is 5.69 Å². The van der Waals surface area contributed by atoms with Gasteiger partial charge in [-0.1, -0.05) is 18.3 Å². The number of aryl methyl sites for hydroxylation is 2. The molecule has 0 aliphatic heterocycles. The van der Waals surface area contributed by atoms with Crippen LogP contribution in [0.15, 0.2) is 6.20 Å². The van der Waals surface area contributed by atoms with E-state index in [1.54, 1.807) is 13.2 Å². The highest BCUT2D eigenvalue weighted by molar-refractivity contribution is 7.15. The number of carbonyl (C=O) groups excluding carboxylic acids is 1. The maximum absolute atomic E-state index is 11.8. The Morgan fingerprint density at radius 3 is 2.88 bits per heavy atom. The molecule has 1 amide bonds. The molecule has 0 spiro atoms. The van der Waals surface area contributed by atoms with Gasteiger partial charge in [0.2, 0.25) is 5.13 Å². The SMILES string of the molecule is CCc1nnc(NC(=O)c2nn(C)cc2N)s1.